The van der Waals surface area contributed by atoms with Gasteiger partial charge in [0.2, 0.25) is 0 Å². The molecule has 1 aromatic carbocycles. The van der Waals surface area contributed by atoms with Crippen molar-refractivity contribution in [1.82, 2.24) is 4.90 Å². The average molecular weight is 381 g/mol. The minimum atomic E-state index is -4.67. The summed E-state index contributed by atoms with van der Waals surface area (Å²) in [6, 6.07) is 4.12. The van der Waals surface area contributed by atoms with E-state index >= 15 is 0 Å². The third-order valence-corrected chi connectivity index (χ3v) is 5.64. The van der Waals surface area contributed by atoms with E-state index in [0.717, 1.165) is 12.1 Å². The second-order valence-corrected chi connectivity index (χ2v) is 7.09. The van der Waals surface area contributed by atoms with Crippen LogP contribution < -0.4 is 4.90 Å². The first kappa shape index (κ1) is 18.1. The molecule has 2 heterocycles. The van der Waals surface area contributed by atoms with Gasteiger partial charge in [0.05, 0.1) is 42.5 Å². The van der Waals surface area contributed by atoms with Crippen molar-refractivity contribution in [2.45, 2.75) is 43.3 Å². The van der Waals surface area contributed by atoms with Crippen LogP contribution >= 0.6 is 0 Å². The van der Waals surface area contributed by atoms with Crippen LogP contribution in [0.4, 0.5) is 23.7 Å². The summed E-state index contributed by atoms with van der Waals surface area (Å²) in [7, 11) is 1.64. The Kier molecular flexibility index (Phi) is 4.09. The lowest BCUT2D eigenvalue weighted by molar-refractivity contribution is -0.186. The molecule has 1 aromatic rings. The topological polar surface area (TPSA) is 65.8 Å². The molecule has 6 nitrogen and oxygen atoms in total. The number of rotatable bonds is 1. The van der Waals surface area contributed by atoms with Gasteiger partial charge in [0.1, 0.15) is 0 Å². The summed E-state index contributed by atoms with van der Waals surface area (Å²) in [6.45, 7) is 1.01. The molecule has 27 heavy (non-hydrogen) atoms. The molecule has 144 valence electrons. The van der Waals surface area contributed by atoms with Crippen LogP contribution in [0.25, 0.3) is 0 Å². The van der Waals surface area contributed by atoms with E-state index in [2.05, 4.69) is 0 Å². The quantitative estimate of drug-likeness (QED) is 0.750. The van der Waals surface area contributed by atoms with Crippen molar-refractivity contribution < 1.29 is 27.4 Å². The van der Waals surface area contributed by atoms with Crippen molar-refractivity contribution in [2.24, 2.45) is 0 Å². The van der Waals surface area contributed by atoms with Gasteiger partial charge in [-0.25, -0.2) is 4.79 Å². The summed E-state index contributed by atoms with van der Waals surface area (Å²) in [5.74, 6) is -0.701. The summed E-state index contributed by atoms with van der Waals surface area (Å²) in [5, 5.41) is 8.97. The van der Waals surface area contributed by atoms with E-state index in [0.29, 0.717) is 32.5 Å². The molecule has 0 unspecified atom stereocenters. The predicted octanol–water partition coefficient (Wildman–Crippen LogP) is 3.11. The molecule has 3 aliphatic rings. The van der Waals surface area contributed by atoms with Crippen molar-refractivity contribution in [3.63, 3.8) is 0 Å². The van der Waals surface area contributed by atoms with E-state index in [1.807, 2.05) is 0 Å². The van der Waals surface area contributed by atoms with Crippen LogP contribution in [0.5, 0.6) is 0 Å². The first-order valence-electron chi connectivity index (χ1n) is 8.71. The molecule has 2 amide bonds. The monoisotopic (exact) mass is 381 g/mol. The number of amides is 2. The van der Waals surface area contributed by atoms with Crippen molar-refractivity contribution in [3.05, 3.63) is 29.3 Å². The lowest BCUT2D eigenvalue weighted by Gasteiger charge is -2.40. The lowest BCUT2D eigenvalue weighted by Crippen LogP contribution is -2.49. The molecule has 1 saturated carbocycles. The SMILES string of the molecule is CN1C(=O)N(c2ccc(C#N)c(C(F)(F)F)c2)[C@H]2CCC3(C[C@@H]21)OCCO3. The zero-order valence-electron chi connectivity index (χ0n) is 14.6. The highest BCUT2D eigenvalue weighted by molar-refractivity contribution is 5.95. The van der Waals surface area contributed by atoms with Crippen LogP contribution in [-0.2, 0) is 15.7 Å². The van der Waals surface area contributed by atoms with Crippen LogP contribution in [0, 0.1) is 11.3 Å². The Morgan fingerprint density at radius 2 is 1.96 bits per heavy atom. The van der Waals surface area contributed by atoms with E-state index in [1.54, 1.807) is 18.0 Å². The first-order chi connectivity index (χ1) is 12.8. The smallest absolute Gasteiger partial charge is 0.347 e. The highest BCUT2D eigenvalue weighted by atomic mass is 19.4. The first-order valence-corrected chi connectivity index (χ1v) is 8.71. The Bertz CT molecular complexity index is 814. The maximum absolute atomic E-state index is 13.3. The van der Waals surface area contributed by atoms with Gasteiger partial charge >= 0.3 is 12.2 Å². The number of fused-ring (bicyclic) bond motifs is 1. The third-order valence-electron chi connectivity index (χ3n) is 5.64. The molecule has 0 radical (unpaired) electrons. The number of ether oxygens (including phenoxy) is 2. The third kappa shape index (κ3) is 2.84. The number of carbonyl (C=O) groups excluding carboxylic acids is 1. The van der Waals surface area contributed by atoms with Gasteiger partial charge in [-0.1, -0.05) is 0 Å². The van der Waals surface area contributed by atoms with Gasteiger partial charge in [0.25, 0.3) is 0 Å². The van der Waals surface area contributed by atoms with Gasteiger partial charge in [-0.2, -0.15) is 18.4 Å². The van der Waals surface area contributed by atoms with E-state index in [9.17, 15) is 18.0 Å². The number of nitriles is 1. The minimum absolute atomic E-state index is 0.148. The maximum atomic E-state index is 13.3. The highest BCUT2D eigenvalue weighted by Crippen LogP contribution is 2.44. The number of anilines is 1. The molecule has 0 bridgehead atoms. The Labute approximate surface area is 154 Å². The molecule has 4 rings (SSSR count). The minimum Gasteiger partial charge on any atom is -0.347 e. The molecule has 3 fully saturated rings. The number of benzene rings is 1. The summed E-state index contributed by atoms with van der Waals surface area (Å²) in [5.41, 5.74) is -1.34. The van der Waals surface area contributed by atoms with Gasteiger partial charge < -0.3 is 14.4 Å². The van der Waals surface area contributed by atoms with Crippen LogP contribution in [-0.4, -0.2) is 49.1 Å². The number of hydrogen-bond acceptors (Lipinski definition) is 4. The van der Waals surface area contributed by atoms with Gasteiger partial charge in [-0.3, -0.25) is 4.90 Å². The molecule has 2 saturated heterocycles. The maximum Gasteiger partial charge on any atom is 0.417 e. The second kappa shape index (κ2) is 6.11. The van der Waals surface area contributed by atoms with Crippen LogP contribution in [0.2, 0.25) is 0 Å². The molecule has 1 aliphatic carbocycles. The van der Waals surface area contributed by atoms with E-state index in [1.165, 1.54) is 11.0 Å². The molecule has 1 spiro atoms. The fourth-order valence-electron chi connectivity index (χ4n) is 4.34. The number of urea groups is 1. The Balaban J connectivity index is 1.69. The molecule has 2 atom stereocenters. The van der Waals surface area contributed by atoms with Crippen LogP contribution in [0.1, 0.15) is 30.4 Å². The Hall–Kier alpha value is -2.31. The number of alkyl halides is 3. The summed E-state index contributed by atoms with van der Waals surface area (Å²) < 4.78 is 51.4. The number of likely N-dealkylation sites (N-methyl/N-ethyl adjacent to an activating group) is 1. The summed E-state index contributed by atoms with van der Waals surface area (Å²) >= 11 is 0. The molecular formula is C18H18F3N3O3. The largest absolute Gasteiger partial charge is 0.417 e. The molecule has 2 aliphatic heterocycles. The molecular weight excluding hydrogens is 363 g/mol. The number of halogens is 3. The summed E-state index contributed by atoms with van der Waals surface area (Å²) in [6.07, 6.45) is -3.05. The zero-order valence-corrected chi connectivity index (χ0v) is 14.6. The number of carbonyl (C=O) groups is 1. The van der Waals surface area contributed by atoms with E-state index in [4.69, 9.17) is 14.7 Å². The predicted molar refractivity (Wildman–Crippen MR) is 87.9 cm³/mol. The number of hydrogen-bond donors (Lipinski definition) is 0. The molecule has 0 N–H and O–H groups in total. The van der Waals surface area contributed by atoms with Gasteiger partial charge in [0, 0.05) is 25.6 Å². The molecule has 0 aromatic heterocycles. The van der Waals surface area contributed by atoms with Gasteiger partial charge in [0.15, 0.2) is 5.79 Å². The van der Waals surface area contributed by atoms with Crippen molar-refractivity contribution >= 4 is 11.7 Å². The fourth-order valence-corrected chi connectivity index (χ4v) is 4.34. The standard InChI is InChI=1S/C18H18F3N3O3/c1-23-15-9-17(26-6-7-27-17)5-4-14(15)24(16(23)25)12-3-2-11(10-22)13(8-12)18(19,20)21/h2-3,8,14-15H,4-7,9H2,1H3/t14-,15-/m0/s1. The summed E-state index contributed by atoms with van der Waals surface area (Å²) in [4.78, 5) is 15.8. The van der Waals surface area contributed by atoms with Crippen molar-refractivity contribution in [2.75, 3.05) is 25.2 Å². The Morgan fingerprint density at radius 1 is 1.26 bits per heavy atom. The highest BCUT2D eigenvalue weighted by Gasteiger charge is 2.54. The Morgan fingerprint density at radius 3 is 2.59 bits per heavy atom. The fraction of sp³-hybridized carbons (Fsp3) is 0.556. The van der Waals surface area contributed by atoms with Crippen molar-refractivity contribution in [1.29, 1.82) is 5.26 Å². The molecule has 9 heteroatoms. The lowest BCUT2D eigenvalue weighted by atomic mass is 9.85. The van der Waals surface area contributed by atoms with Crippen LogP contribution in [0.3, 0.4) is 0 Å². The second-order valence-electron chi connectivity index (χ2n) is 7.09. The zero-order chi connectivity index (χ0) is 19.4. The normalized spacial score (nSPS) is 27.1. The van der Waals surface area contributed by atoms with Gasteiger partial charge in [-0.15, -0.1) is 0 Å². The number of nitrogens with zero attached hydrogens (tertiary/aromatic N) is 3. The van der Waals surface area contributed by atoms with Gasteiger partial charge in [-0.05, 0) is 24.6 Å². The van der Waals surface area contributed by atoms with E-state index < -0.39 is 23.1 Å². The van der Waals surface area contributed by atoms with E-state index in [-0.39, 0.29) is 23.8 Å². The average Bonchev–Trinajstić information content (AvgIpc) is 3.18. The van der Waals surface area contributed by atoms with Crippen molar-refractivity contribution in [3.8, 4) is 6.07 Å². The van der Waals surface area contributed by atoms with Crippen LogP contribution in [0.15, 0.2) is 18.2 Å².